The van der Waals surface area contributed by atoms with Crippen LogP contribution in [0.3, 0.4) is 0 Å². The Kier molecular flexibility index (Phi) is 5.99. The molecule has 1 atom stereocenters. The van der Waals surface area contributed by atoms with Crippen molar-refractivity contribution < 1.29 is 9.59 Å². The summed E-state index contributed by atoms with van der Waals surface area (Å²) in [4.78, 5) is 32.1. The lowest BCUT2D eigenvalue weighted by Gasteiger charge is -2.21. The van der Waals surface area contributed by atoms with Crippen molar-refractivity contribution in [2.75, 3.05) is 31.1 Å². The highest BCUT2D eigenvalue weighted by molar-refractivity contribution is 7.14. The molecule has 0 unspecified atom stereocenters. The summed E-state index contributed by atoms with van der Waals surface area (Å²) in [7, 11) is 0. The fourth-order valence-corrected chi connectivity index (χ4v) is 6.24. The van der Waals surface area contributed by atoms with Gasteiger partial charge in [-0.15, -0.1) is 11.3 Å². The minimum Gasteiger partial charge on any atom is -0.372 e. The Morgan fingerprint density at radius 3 is 2.45 bits per heavy atom. The van der Waals surface area contributed by atoms with E-state index >= 15 is 0 Å². The van der Waals surface area contributed by atoms with Crippen molar-refractivity contribution in [1.29, 1.82) is 0 Å². The Hall–Kier alpha value is -2.34. The van der Waals surface area contributed by atoms with Crippen LogP contribution in [0, 0.1) is 5.92 Å². The van der Waals surface area contributed by atoms with Crippen LogP contribution >= 0.6 is 11.3 Å². The van der Waals surface area contributed by atoms with Gasteiger partial charge in [0.05, 0.1) is 4.88 Å². The number of anilines is 1. The van der Waals surface area contributed by atoms with Gasteiger partial charge in [0.2, 0.25) is 5.91 Å². The minimum atomic E-state index is 0.000659. The zero-order chi connectivity index (χ0) is 21.2. The molecule has 3 heterocycles. The normalized spacial score (nSPS) is 20.7. The maximum absolute atomic E-state index is 12.8. The molecule has 3 aliphatic rings. The number of carbonyl (C=O) groups excluding carboxylic acids is 2. The van der Waals surface area contributed by atoms with Crippen molar-refractivity contribution >= 4 is 28.8 Å². The Morgan fingerprint density at radius 2 is 1.71 bits per heavy atom. The molecule has 1 aromatic carbocycles. The van der Waals surface area contributed by atoms with E-state index in [1.54, 1.807) is 11.3 Å². The summed E-state index contributed by atoms with van der Waals surface area (Å²) in [6.07, 6.45) is 7.29. The summed E-state index contributed by atoms with van der Waals surface area (Å²) < 4.78 is 0. The molecule has 2 fully saturated rings. The lowest BCUT2D eigenvalue weighted by Crippen LogP contribution is -2.33. The molecule has 164 valence electrons. The van der Waals surface area contributed by atoms with Gasteiger partial charge in [0, 0.05) is 49.2 Å². The first-order valence-electron chi connectivity index (χ1n) is 11.7. The molecular weight excluding hydrogens is 406 g/mol. The predicted molar refractivity (Wildman–Crippen MR) is 125 cm³/mol. The summed E-state index contributed by atoms with van der Waals surface area (Å²) in [5.74, 6) is 0.309. The minimum absolute atomic E-state index is 0.000659. The molecule has 0 saturated carbocycles. The van der Waals surface area contributed by atoms with Gasteiger partial charge in [-0.05, 0) is 74.3 Å². The molecule has 1 aliphatic carbocycles. The number of rotatable bonds is 5. The van der Waals surface area contributed by atoms with E-state index in [9.17, 15) is 9.59 Å². The standard InChI is InChI=1S/C25H31N3O2S/c29-24(26-17-18-5-8-21(9-6-18)27-11-1-2-12-27)19-7-10-22-20(15-19)16-23(31-22)25(30)28-13-3-4-14-28/h5-6,8-9,16,19H,1-4,7,10-15,17H2,(H,26,29)/t19-/m0/s1. The van der Waals surface area contributed by atoms with Crippen LogP contribution in [0.4, 0.5) is 5.69 Å². The van der Waals surface area contributed by atoms with E-state index in [-0.39, 0.29) is 17.7 Å². The van der Waals surface area contributed by atoms with Gasteiger partial charge in [-0.25, -0.2) is 0 Å². The van der Waals surface area contributed by atoms with Crippen LogP contribution in [0.1, 0.15) is 57.8 Å². The number of nitrogens with zero attached hydrogens (tertiary/aromatic N) is 2. The number of carbonyl (C=O) groups is 2. The van der Waals surface area contributed by atoms with Gasteiger partial charge < -0.3 is 15.1 Å². The molecule has 5 rings (SSSR count). The Balaban J connectivity index is 1.15. The quantitative estimate of drug-likeness (QED) is 0.769. The highest BCUT2D eigenvalue weighted by Crippen LogP contribution is 2.33. The van der Waals surface area contributed by atoms with Crippen LogP contribution in [-0.4, -0.2) is 42.9 Å². The molecule has 2 aliphatic heterocycles. The maximum atomic E-state index is 12.8. The highest BCUT2D eigenvalue weighted by Gasteiger charge is 2.29. The number of likely N-dealkylation sites (tertiary alicyclic amines) is 1. The molecule has 6 heteroatoms. The predicted octanol–water partition coefficient (Wildman–Crippen LogP) is 4.01. The summed E-state index contributed by atoms with van der Waals surface area (Å²) in [6.45, 7) is 4.63. The molecule has 1 aromatic heterocycles. The molecule has 5 nitrogen and oxygen atoms in total. The van der Waals surface area contributed by atoms with E-state index in [1.807, 2.05) is 4.90 Å². The van der Waals surface area contributed by atoms with E-state index in [2.05, 4.69) is 40.5 Å². The van der Waals surface area contributed by atoms with Gasteiger partial charge in [-0.2, -0.15) is 0 Å². The van der Waals surface area contributed by atoms with Crippen LogP contribution in [0.2, 0.25) is 0 Å². The average Bonchev–Trinajstić information content (AvgIpc) is 3.57. The topological polar surface area (TPSA) is 52.7 Å². The zero-order valence-corrected chi connectivity index (χ0v) is 18.9. The third-order valence-corrected chi connectivity index (χ3v) is 8.16. The van der Waals surface area contributed by atoms with Crippen molar-refractivity contribution in [1.82, 2.24) is 10.2 Å². The Labute approximate surface area is 188 Å². The number of aryl methyl sites for hydroxylation is 1. The van der Waals surface area contributed by atoms with E-state index in [0.29, 0.717) is 6.54 Å². The van der Waals surface area contributed by atoms with Gasteiger partial charge in [0.15, 0.2) is 0 Å². The molecule has 0 bridgehead atoms. The van der Waals surface area contributed by atoms with Crippen molar-refractivity contribution in [3.05, 3.63) is 51.2 Å². The first-order chi connectivity index (χ1) is 15.2. The summed E-state index contributed by atoms with van der Waals surface area (Å²) in [5, 5.41) is 3.14. The lowest BCUT2D eigenvalue weighted by atomic mass is 9.87. The SMILES string of the molecule is O=C(NCc1ccc(N2CCCC2)cc1)[C@H]1CCc2sc(C(=O)N3CCCC3)cc2C1. The molecule has 0 spiro atoms. The van der Waals surface area contributed by atoms with Crippen molar-refractivity contribution in [2.45, 2.75) is 51.5 Å². The first-order valence-corrected chi connectivity index (χ1v) is 12.5. The van der Waals surface area contributed by atoms with Gasteiger partial charge in [-0.1, -0.05) is 12.1 Å². The number of amides is 2. The fraction of sp³-hybridized carbons (Fsp3) is 0.520. The van der Waals surface area contributed by atoms with Gasteiger partial charge in [0.25, 0.3) is 5.91 Å². The number of fused-ring (bicyclic) bond motifs is 1. The van der Waals surface area contributed by atoms with Gasteiger partial charge in [0.1, 0.15) is 0 Å². The average molecular weight is 438 g/mol. The highest BCUT2D eigenvalue weighted by atomic mass is 32.1. The molecule has 2 saturated heterocycles. The first kappa shape index (κ1) is 20.6. The second-order valence-electron chi connectivity index (χ2n) is 9.08. The van der Waals surface area contributed by atoms with E-state index in [4.69, 9.17) is 0 Å². The number of benzene rings is 1. The van der Waals surface area contributed by atoms with Crippen molar-refractivity contribution in [2.24, 2.45) is 5.92 Å². The molecule has 1 N–H and O–H groups in total. The molecule has 0 radical (unpaired) electrons. The monoisotopic (exact) mass is 437 g/mol. The van der Waals surface area contributed by atoms with Crippen LogP contribution in [0.15, 0.2) is 30.3 Å². The van der Waals surface area contributed by atoms with E-state index in [1.165, 1.54) is 29.0 Å². The summed E-state index contributed by atoms with van der Waals surface area (Å²) in [5.41, 5.74) is 3.62. The molecule has 2 amide bonds. The second-order valence-corrected chi connectivity index (χ2v) is 10.2. The lowest BCUT2D eigenvalue weighted by molar-refractivity contribution is -0.125. The summed E-state index contributed by atoms with van der Waals surface area (Å²) >= 11 is 1.64. The summed E-state index contributed by atoms with van der Waals surface area (Å²) in [6, 6.07) is 10.6. The third-order valence-electron chi connectivity index (χ3n) is 6.93. The van der Waals surface area contributed by atoms with Crippen LogP contribution < -0.4 is 10.2 Å². The number of nitrogens with one attached hydrogen (secondary N) is 1. The number of hydrogen-bond donors (Lipinski definition) is 1. The smallest absolute Gasteiger partial charge is 0.263 e. The Bertz CT molecular complexity index is 940. The van der Waals surface area contributed by atoms with E-state index < -0.39 is 0 Å². The van der Waals surface area contributed by atoms with E-state index in [0.717, 1.165) is 68.7 Å². The van der Waals surface area contributed by atoms with Crippen molar-refractivity contribution in [3.63, 3.8) is 0 Å². The van der Waals surface area contributed by atoms with Gasteiger partial charge in [-0.3, -0.25) is 9.59 Å². The van der Waals surface area contributed by atoms with Gasteiger partial charge >= 0.3 is 0 Å². The maximum Gasteiger partial charge on any atom is 0.263 e. The second kappa shape index (κ2) is 9.03. The Morgan fingerprint density at radius 1 is 1.00 bits per heavy atom. The number of thiophene rings is 1. The van der Waals surface area contributed by atoms with Crippen LogP contribution in [0.5, 0.6) is 0 Å². The van der Waals surface area contributed by atoms with Crippen LogP contribution in [0.25, 0.3) is 0 Å². The number of hydrogen-bond acceptors (Lipinski definition) is 4. The fourth-order valence-electron chi connectivity index (χ4n) is 5.06. The molecule has 31 heavy (non-hydrogen) atoms. The van der Waals surface area contributed by atoms with Crippen molar-refractivity contribution in [3.8, 4) is 0 Å². The zero-order valence-electron chi connectivity index (χ0n) is 18.1. The largest absolute Gasteiger partial charge is 0.372 e. The van der Waals surface area contributed by atoms with Crippen LogP contribution in [-0.2, 0) is 24.2 Å². The molecule has 2 aromatic rings. The molecular formula is C25H31N3O2S. The third kappa shape index (κ3) is 4.49.